The van der Waals surface area contributed by atoms with Gasteiger partial charge < -0.3 is 0 Å². The van der Waals surface area contributed by atoms with Crippen LogP contribution in [0.3, 0.4) is 0 Å². The predicted molar refractivity (Wildman–Crippen MR) is 140 cm³/mol. The van der Waals surface area contributed by atoms with Crippen molar-refractivity contribution >= 4 is 55.9 Å². The molecule has 1 aliphatic carbocycles. The minimum absolute atomic E-state index is 0.0449. The Bertz CT molecular complexity index is 1420. The Hall–Kier alpha value is -2.82. The lowest BCUT2D eigenvalue weighted by molar-refractivity contribution is -0.113. The van der Waals surface area contributed by atoms with Gasteiger partial charge >= 0.3 is 0 Å². The van der Waals surface area contributed by atoms with Crippen molar-refractivity contribution in [2.45, 2.75) is 37.9 Å². The molecule has 1 atom stereocenters. The Balaban J connectivity index is 1.35. The maximum absolute atomic E-state index is 13.4. The molecule has 1 amide bonds. The summed E-state index contributed by atoms with van der Waals surface area (Å²) in [5, 5.41) is 4.51. The highest BCUT2D eigenvalue weighted by Crippen LogP contribution is 2.36. The van der Waals surface area contributed by atoms with Gasteiger partial charge in [-0.2, -0.15) is 9.36 Å². The van der Waals surface area contributed by atoms with Crippen LogP contribution in [0, 0.1) is 5.92 Å². The molecular weight excluding hydrogens is 486 g/mol. The molecule has 1 aromatic carbocycles. The molecular formula is C24H23N5O2S3. The van der Waals surface area contributed by atoms with Crippen molar-refractivity contribution < 1.29 is 4.79 Å². The van der Waals surface area contributed by atoms with Crippen molar-refractivity contribution in [1.29, 1.82) is 0 Å². The van der Waals surface area contributed by atoms with E-state index < -0.39 is 0 Å². The normalized spacial score (nSPS) is 15.3. The molecule has 5 rings (SSSR count). The summed E-state index contributed by atoms with van der Waals surface area (Å²) in [6.45, 7) is 6.39. The molecule has 3 heterocycles. The molecule has 0 spiro atoms. The molecule has 174 valence electrons. The molecule has 3 aromatic heterocycles. The maximum atomic E-state index is 13.4. The Morgan fingerprint density at radius 2 is 2.15 bits per heavy atom. The van der Waals surface area contributed by atoms with Crippen molar-refractivity contribution in [3.63, 3.8) is 0 Å². The van der Waals surface area contributed by atoms with Crippen LogP contribution in [0.25, 0.3) is 21.6 Å². The van der Waals surface area contributed by atoms with Crippen LogP contribution in [0.4, 0.5) is 5.13 Å². The third-order valence-corrected chi connectivity index (χ3v) is 8.48. The van der Waals surface area contributed by atoms with Crippen LogP contribution in [-0.4, -0.2) is 30.6 Å². The first-order valence-corrected chi connectivity index (χ1v) is 13.6. The van der Waals surface area contributed by atoms with Gasteiger partial charge in [-0.15, -0.1) is 17.9 Å². The zero-order valence-electron chi connectivity index (χ0n) is 18.6. The van der Waals surface area contributed by atoms with E-state index in [4.69, 9.17) is 4.98 Å². The average Bonchev–Trinajstić information content (AvgIpc) is 3.44. The average molecular weight is 510 g/mol. The number of hydrogen-bond donors (Lipinski definition) is 1. The van der Waals surface area contributed by atoms with E-state index in [1.165, 1.54) is 16.6 Å². The predicted octanol–water partition coefficient (Wildman–Crippen LogP) is 5.02. The molecule has 0 unspecified atom stereocenters. The fourth-order valence-corrected chi connectivity index (χ4v) is 6.91. The quantitative estimate of drug-likeness (QED) is 0.214. The van der Waals surface area contributed by atoms with Gasteiger partial charge in [0.05, 0.1) is 11.1 Å². The number of benzene rings is 1. The number of thiophene rings is 1. The second kappa shape index (κ2) is 9.81. The van der Waals surface area contributed by atoms with Gasteiger partial charge in [-0.3, -0.25) is 19.5 Å². The van der Waals surface area contributed by atoms with Crippen LogP contribution in [0.1, 0.15) is 23.8 Å². The van der Waals surface area contributed by atoms with E-state index >= 15 is 0 Å². The van der Waals surface area contributed by atoms with E-state index in [0.717, 1.165) is 52.1 Å². The molecule has 34 heavy (non-hydrogen) atoms. The number of fused-ring (bicyclic) bond motifs is 3. The molecule has 1 aliphatic rings. The molecule has 10 heteroatoms. The van der Waals surface area contributed by atoms with E-state index in [9.17, 15) is 9.59 Å². The highest BCUT2D eigenvalue weighted by Gasteiger charge is 2.24. The third-order valence-electron chi connectivity index (χ3n) is 5.73. The SMILES string of the molecule is C=CCn1c(SCC(=O)Nc2nc(-c3ccccc3)ns2)nc2sc3c(c2c1=O)CC[C@@H](C)C3. The van der Waals surface area contributed by atoms with Crippen LogP contribution in [0.5, 0.6) is 0 Å². The standard InChI is InChI=1S/C24H23N5O2S3/c1-3-11-29-22(31)19-16-10-9-14(2)12-17(16)33-21(19)27-24(29)32-13-18(30)25-23-26-20(28-34-23)15-7-5-4-6-8-15/h3-8,14H,1,9-13H2,2H3,(H,25,26,28,30)/t14-/m1/s1. The minimum Gasteiger partial charge on any atom is -0.300 e. The number of thioether (sulfide) groups is 1. The summed E-state index contributed by atoms with van der Waals surface area (Å²) < 4.78 is 5.94. The van der Waals surface area contributed by atoms with Crippen LogP contribution in [0.2, 0.25) is 0 Å². The second-order valence-corrected chi connectivity index (χ2v) is 11.0. The molecule has 7 nitrogen and oxygen atoms in total. The Labute approximate surface area is 209 Å². The molecule has 0 radical (unpaired) electrons. The maximum Gasteiger partial charge on any atom is 0.263 e. The fraction of sp³-hybridized carbons (Fsp3) is 0.292. The van der Waals surface area contributed by atoms with Crippen LogP contribution in [0.15, 0.2) is 52.9 Å². The van der Waals surface area contributed by atoms with Crippen LogP contribution < -0.4 is 10.9 Å². The number of allylic oxidation sites excluding steroid dienone is 1. The summed E-state index contributed by atoms with van der Waals surface area (Å²) in [6, 6.07) is 9.62. The van der Waals surface area contributed by atoms with Gasteiger partial charge in [-0.05, 0) is 30.7 Å². The first kappa shape index (κ1) is 22.9. The monoisotopic (exact) mass is 509 g/mol. The summed E-state index contributed by atoms with van der Waals surface area (Å²) in [7, 11) is 0. The number of aryl methyl sites for hydroxylation is 1. The number of amides is 1. The number of nitrogens with one attached hydrogen (secondary N) is 1. The van der Waals surface area contributed by atoms with Crippen molar-refractivity contribution in [1.82, 2.24) is 18.9 Å². The van der Waals surface area contributed by atoms with Gasteiger partial charge in [0.1, 0.15) is 4.83 Å². The summed E-state index contributed by atoms with van der Waals surface area (Å²) in [5.74, 6) is 1.09. The largest absolute Gasteiger partial charge is 0.300 e. The van der Waals surface area contributed by atoms with E-state index in [2.05, 4.69) is 28.2 Å². The summed E-state index contributed by atoms with van der Waals surface area (Å²) >= 11 is 4.00. The summed E-state index contributed by atoms with van der Waals surface area (Å²) in [5.41, 5.74) is 2.01. The van der Waals surface area contributed by atoms with Gasteiger partial charge in [0, 0.05) is 28.5 Å². The molecule has 0 bridgehead atoms. The number of nitrogens with zero attached hydrogens (tertiary/aromatic N) is 4. The lowest BCUT2D eigenvalue weighted by Crippen LogP contribution is -2.24. The second-order valence-electron chi connectivity index (χ2n) is 8.26. The third kappa shape index (κ3) is 4.57. The highest BCUT2D eigenvalue weighted by molar-refractivity contribution is 7.99. The number of rotatable bonds is 7. The van der Waals surface area contributed by atoms with Gasteiger partial charge in [-0.1, -0.05) is 55.1 Å². The lowest BCUT2D eigenvalue weighted by atomic mass is 9.89. The van der Waals surface area contributed by atoms with Crippen molar-refractivity contribution in [3.8, 4) is 11.4 Å². The zero-order chi connectivity index (χ0) is 23.7. The number of carbonyl (C=O) groups excluding carboxylic acids is 1. The van der Waals surface area contributed by atoms with Gasteiger partial charge in [-0.25, -0.2) is 4.98 Å². The Kier molecular flexibility index (Phi) is 6.62. The number of hydrogen-bond acceptors (Lipinski definition) is 8. The number of aromatic nitrogens is 4. The molecule has 0 aliphatic heterocycles. The Morgan fingerprint density at radius 3 is 2.94 bits per heavy atom. The molecule has 0 fully saturated rings. The van der Waals surface area contributed by atoms with E-state index in [-0.39, 0.29) is 17.2 Å². The van der Waals surface area contributed by atoms with E-state index in [1.54, 1.807) is 22.0 Å². The van der Waals surface area contributed by atoms with Crippen LogP contribution >= 0.6 is 34.6 Å². The molecule has 0 saturated heterocycles. The molecule has 4 aromatic rings. The molecule has 0 saturated carbocycles. The smallest absolute Gasteiger partial charge is 0.263 e. The van der Waals surface area contributed by atoms with Crippen LogP contribution in [-0.2, 0) is 24.2 Å². The first-order chi connectivity index (χ1) is 16.5. The van der Waals surface area contributed by atoms with E-state index in [0.29, 0.717) is 28.6 Å². The first-order valence-electron chi connectivity index (χ1n) is 11.0. The van der Waals surface area contributed by atoms with Crippen molar-refractivity contribution in [3.05, 3.63) is 63.8 Å². The van der Waals surface area contributed by atoms with E-state index in [1.807, 2.05) is 30.3 Å². The summed E-state index contributed by atoms with van der Waals surface area (Å²) in [6.07, 6.45) is 4.69. The Morgan fingerprint density at radius 1 is 1.32 bits per heavy atom. The van der Waals surface area contributed by atoms with Gasteiger partial charge in [0.15, 0.2) is 11.0 Å². The lowest BCUT2D eigenvalue weighted by Gasteiger charge is -2.17. The number of anilines is 1. The van der Waals surface area contributed by atoms with Crippen molar-refractivity contribution in [2.24, 2.45) is 5.92 Å². The summed E-state index contributed by atoms with van der Waals surface area (Å²) in [4.78, 5) is 37.2. The fourth-order valence-electron chi connectivity index (χ4n) is 4.07. The topological polar surface area (TPSA) is 89.8 Å². The van der Waals surface area contributed by atoms with Gasteiger partial charge in [0.2, 0.25) is 11.0 Å². The zero-order valence-corrected chi connectivity index (χ0v) is 21.1. The number of carbonyl (C=O) groups is 1. The minimum atomic E-state index is -0.223. The van der Waals surface area contributed by atoms with Crippen molar-refractivity contribution in [2.75, 3.05) is 11.1 Å². The molecule has 1 N–H and O–H groups in total. The highest BCUT2D eigenvalue weighted by atomic mass is 32.2. The van der Waals surface area contributed by atoms with Gasteiger partial charge in [0.25, 0.3) is 5.56 Å².